The van der Waals surface area contributed by atoms with E-state index >= 15 is 0 Å². The van der Waals surface area contributed by atoms with Crippen LogP contribution >= 0.6 is 0 Å². The Balaban J connectivity index is 2.30. The van der Waals surface area contributed by atoms with E-state index in [-0.39, 0.29) is 5.60 Å². The normalized spacial score (nSPS) is 19.1. The Morgan fingerprint density at radius 3 is 2.60 bits per heavy atom. The standard InChI is InChI=1S/C18H29NO/c1-4-13-19-17(18(20-3)11-6-7-12-18)16-10-8-9-15(5-2)14-16/h8-10,14,17,19H,4-7,11-13H2,1-3H3. The van der Waals surface area contributed by atoms with Crippen LogP contribution in [0.5, 0.6) is 0 Å². The minimum atomic E-state index is -0.0124. The Morgan fingerprint density at radius 1 is 1.25 bits per heavy atom. The van der Waals surface area contributed by atoms with Gasteiger partial charge in [0.15, 0.2) is 0 Å². The molecule has 0 saturated heterocycles. The highest BCUT2D eigenvalue weighted by molar-refractivity contribution is 5.28. The molecule has 2 rings (SSSR count). The summed E-state index contributed by atoms with van der Waals surface area (Å²) in [6.07, 6.45) is 7.15. The van der Waals surface area contributed by atoms with Gasteiger partial charge in [-0.2, -0.15) is 0 Å². The van der Waals surface area contributed by atoms with Gasteiger partial charge in [-0.15, -0.1) is 0 Å². The summed E-state index contributed by atoms with van der Waals surface area (Å²) in [7, 11) is 1.88. The van der Waals surface area contributed by atoms with Gasteiger partial charge in [-0.1, -0.05) is 51.0 Å². The zero-order valence-electron chi connectivity index (χ0n) is 13.2. The molecular weight excluding hydrogens is 246 g/mol. The molecule has 1 aliphatic rings. The smallest absolute Gasteiger partial charge is 0.0872 e. The van der Waals surface area contributed by atoms with Crippen molar-refractivity contribution in [1.82, 2.24) is 5.32 Å². The van der Waals surface area contributed by atoms with Gasteiger partial charge in [0.1, 0.15) is 0 Å². The van der Waals surface area contributed by atoms with Crippen LogP contribution in [0.2, 0.25) is 0 Å². The second-order valence-electron chi connectivity index (χ2n) is 5.96. The third-order valence-corrected chi connectivity index (χ3v) is 4.67. The Labute approximate surface area is 123 Å². The topological polar surface area (TPSA) is 21.3 Å². The lowest BCUT2D eigenvalue weighted by Crippen LogP contribution is -2.43. The highest BCUT2D eigenvalue weighted by Crippen LogP contribution is 2.42. The fourth-order valence-corrected chi connectivity index (χ4v) is 3.47. The summed E-state index contributed by atoms with van der Waals surface area (Å²) in [6.45, 7) is 5.49. The number of ether oxygens (including phenoxy) is 1. The lowest BCUT2D eigenvalue weighted by Gasteiger charge is -2.37. The second-order valence-corrected chi connectivity index (χ2v) is 5.96. The molecule has 2 nitrogen and oxygen atoms in total. The summed E-state index contributed by atoms with van der Waals surface area (Å²) in [5, 5.41) is 3.75. The fraction of sp³-hybridized carbons (Fsp3) is 0.667. The zero-order chi connectivity index (χ0) is 14.4. The molecule has 1 fully saturated rings. The minimum Gasteiger partial charge on any atom is -0.376 e. The van der Waals surface area contributed by atoms with Crippen molar-refractivity contribution in [2.75, 3.05) is 13.7 Å². The molecule has 0 bridgehead atoms. The van der Waals surface area contributed by atoms with E-state index in [2.05, 4.69) is 43.4 Å². The summed E-state index contributed by atoms with van der Waals surface area (Å²) in [5.74, 6) is 0. The van der Waals surface area contributed by atoms with Crippen LogP contribution in [0.3, 0.4) is 0 Å². The summed E-state index contributed by atoms with van der Waals surface area (Å²) < 4.78 is 6.02. The van der Waals surface area contributed by atoms with Crippen LogP contribution in [0.15, 0.2) is 24.3 Å². The Morgan fingerprint density at radius 2 is 2.00 bits per heavy atom. The van der Waals surface area contributed by atoms with Crippen LogP contribution in [0, 0.1) is 0 Å². The second kappa shape index (κ2) is 7.24. The molecule has 0 heterocycles. The number of hydrogen-bond donors (Lipinski definition) is 1. The molecule has 0 aromatic heterocycles. The Kier molecular flexibility index (Phi) is 5.62. The van der Waals surface area contributed by atoms with Crippen molar-refractivity contribution in [2.24, 2.45) is 0 Å². The van der Waals surface area contributed by atoms with E-state index in [9.17, 15) is 0 Å². The number of rotatable bonds is 7. The Hall–Kier alpha value is -0.860. The SMILES string of the molecule is CCCNC(c1cccc(CC)c1)C1(OC)CCCC1. The first kappa shape index (κ1) is 15.5. The first-order chi connectivity index (χ1) is 9.75. The summed E-state index contributed by atoms with van der Waals surface area (Å²) >= 11 is 0. The quantitative estimate of drug-likeness (QED) is 0.803. The largest absolute Gasteiger partial charge is 0.376 e. The van der Waals surface area contributed by atoms with Crippen molar-refractivity contribution >= 4 is 0 Å². The molecule has 0 radical (unpaired) electrons. The maximum atomic E-state index is 6.02. The van der Waals surface area contributed by atoms with Crippen molar-refractivity contribution in [3.8, 4) is 0 Å². The lowest BCUT2D eigenvalue weighted by molar-refractivity contribution is -0.0367. The molecule has 1 aliphatic carbocycles. The van der Waals surface area contributed by atoms with E-state index in [0.717, 1.165) is 19.4 Å². The molecule has 1 saturated carbocycles. The molecule has 112 valence electrons. The fourth-order valence-electron chi connectivity index (χ4n) is 3.47. The van der Waals surface area contributed by atoms with Crippen LogP contribution < -0.4 is 5.32 Å². The third kappa shape index (κ3) is 3.24. The molecule has 1 N–H and O–H groups in total. The third-order valence-electron chi connectivity index (χ3n) is 4.67. The molecule has 1 aromatic rings. The molecule has 1 unspecified atom stereocenters. The number of benzene rings is 1. The maximum Gasteiger partial charge on any atom is 0.0872 e. The van der Waals surface area contributed by atoms with E-state index in [1.165, 1.54) is 36.8 Å². The van der Waals surface area contributed by atoms with Gasteiger partial charge >= 0.3 is 0 Å². The van der Waals surface area contributed by atoms with Gasteiger partial charge in [0.25, 0.3) is 0 Å². The zero-order valence-corrected chi connectivity index (χ0v) is 13.2. The lowest BCUT2D eigenvalue weighted by atomic mass is 9.85. The summed E-state index contributed by atoms with van der Waals surface area (Å²) in [5.41, 5.74) is 2.79. The van der Waals surface area contributed by atoms with Crippen LogP contribution in [0.25, 0.3) is 0 Å². The average molecular weight is 275 g/mol. The maximum absolute atomic E-state index is 6.02. The van der Waals surface area contributed by atoms with Gasteiger partial charge in [-0.05, 0) is 43.4 Å². The van der Waals surface area contributed by atoms with E-state index in [1.807, 2.05) is 7.11 Å². The van der Waals surface area contributed by atoms with Crippen LogP contribution in [0.4, 0.5) is 0 Å². The molecule has 2 heteroatoms. The molecule has 0 amide bonds. The molecule has 20 heavy (non-hydrogen) atoms. The van der Waals surface area contributed by atoms with Crippen molar-refractivity contribution < 1.29 is 4.74 Å². The molecule has 0 aliphatic heterocycles. The van der Waals surface area contributed by atoms with E-state index in [4.69, 9.17) is 4.74 Å². The minimum absolute atomic E-state index is 0.0124. The first-order valence-electron chi connectivity index (χ1n) is 8.13. The summed E-state index contributed by atoms with van der Waals surface area (Å²) in [4.78, 5) is 0. The van der Waals surface area contributed by atoms with Gasteiger partial charge in [-0.3, -0.25) is 0 Å². The number of aryl methyl sites for hydroxylation is 1. The van der Waals surface area contributed by atoms with Crippen LogP contribution in [-0.2, 0) is 11.2 Å². The van der Waals surface area contributed by atoms with Gasteiger partial charge in [0, 0.05) is 7.11 Å². The van der Waals surface area contributed by atoms with Crippen molar-refractivity contribution in [3.63, 3.8) is 0 Å². The van der Waals surface area contributed by atoms with Gasteiger partial charge in [0.05, 0.1) is 11.6 Å². The molecule has 1 aromatic carbocycles. The molecule has 0 spiro atoms. The van der Waals surface area contributed by atoms with Crippen LogP contribution in [-0.4, -0.2) is 19.3 Å². The van der Waals surface area contributed by atoms with Crippen LogP contribution in [0.1, 0.15) is 63.1 Å². The van der Waals surface area contributed by atoms with Gasteiger partial charge < -0.3 is 10.1 Å². The predicted octanol–water partition coefficient (Wildman–Crippen LogP) is 4.25. The van der Waals surface area contributed by atoms with Crippen molar-refractivity contribution in [1.29, 1.82) is 0 Å². The Bertz CT molecular complexity index is 410. The highest BCUT2D eigenvalue weighted by Gasteiger charge is 2.42. The summed E-state index contributed by atoms with van der Waals surface area (Å²) in [6, 6.07) is 9.33. The van der Waals surface area contributed by atoms with Crippen molar-refractivity contribution in [2.45, 2.75) is 64.0 Å². The number of nitrogens with one attached hydrogen (secondary N) is 1. The average Bonchev–Trinajstić information content (AvgIpc) is 2.98. The van der Waals surface area contributed by atoms with E-state index in [0.29, 0.717) is 6.04 Å². The molecular formula is C18H29NO. The highest BCUT2D eigenvalue weighted by atomic mass is 16.5. The van der Waals surface area contributed by atoms with Gasteiger partial charge in [-0.25, -0.2) is 0 Å². The van der Waals surface area contributed by atoms with Crippen molar-refractivity contribution in [3.05, 3.63) is 35.4 Å². The predicted molar refractivity (Wildman–Crippen MR) is 85.1 cm³/mol. The number of hydrogen-bond acceptors (Lipinski definition) is 2. The first-order valence-corrected chi connectivity index (χ1v) is 8.13. The number of methoxy groups -OCH3 is 1. The van der Waals surface area contributed by atoms with E-state index in [1.54, 1.807) is 0 Å². The van der Waals surface area contributed by atoms with Gasteiger partial charge in [0.2, 0.25) is 0 Å². The monoisotopic (exact) mass is 275 g/mol. The van der Waals surface area contributed by atoms with E-state index < -0.39 is 0 Å². The molecule has 1 atom stereocenters.